The molecule has 4 heteroatoms. The van der Waals surface area contributed by atoms with Crippen molar-refractivity contribution in [3.8, 4) is 0 Å². The van der Waals surface area contributed by atoms with Crippen LogP contribution in [0.5, 0.6) is 0 Å². The van der Waals surface area contributed by atoms with Gasteiger partial charge in [-0.15, -0.1) is 0 Å². The Morgan fingerprint density at radius 3 is 2.77 bits per heavy atom. The van der Waals surface area contributed by atoms with Crippen LogP contribution in [0.25, 0.3) is 0 Å². The molecule has 1 amide bonds. The van der Waals surface area contributed by atoms with Crippen LogP contribution in [-0.2, 0) is 13.1 Å². The highest BCUT2D eigenvalue weighted by molar-refractivity contribution is 5.64. The average molecular weight is 178 g/mol. The minimum atomic E-state index is -0.936. The summed E-state index contributed by atoms with van der Waals surface area (Å²) in [6.07, 6.45) is -0.936. The van der Waals surface area contributed by atoms with Gasteiger partial charge >= 0.3 is 6.09 Å². The van der Waals surface area contributed by atoms with Crippen molar-refractivity contribution >= 4 is 6.09 Å². The van der Waals surface area contributed by atoms with E-state index < -0.39 is 6.09 Å². The molecule has 1 aliphatic rings. The summed E-state index contributed by atoms with van der Waals surface area (Å²) in [4.78, 5) is 10.6. The second-order valence-electron chi connectivity index (χ2n) is 2.97. The fourth-order valence-corrected chi connectivity index (χ4v) is 1.43. The number of carbonyl (C=O) groups is 1. The molecule has 0 unspecified atom stereocenters. The van der Waals surface area contributed by atoms with E-state index in [4.69, 9.17) is 5.11 Å². The number of carboxylic acid groups (broad SMARTS) is 1. The van der Waals surface area contributed by atoms with E-state index in [2.05, 4.69) is 5.43 Å². The molecule has 1 heterocycles. The van der Waals surface area contributed by atoms with Crippen LogP contribution < -0.4 is 5.43 Å². The molecule has 0 saturated heterocycles. The van der Waals surface area contributed by atoms with Crippen LogP contribution in [0.15, 0.2) is 24.3 Å². The number of rotatable bonds is 0. The van der Waals surface area contributed by atoms with E-state index in [0.717, 1.165) is 5.56 Å². The molecule has 2 rings (SSSR count). The Labute approximate surface area is 75.8 Å². The third-order valence-electron chi connectivity index (χ3n) is 2.14. The second-order valence-corrected chi connectivity index (χ2v) is 2.97. The molecule has 0 radical (unpaired) electrons. The molecule has 2 N–H and O–H groups in total. The minimum Gasteiger partial charge on any atom is -0.464 e. The molecular formula is C9H10N2O2. The Morgan fingerprint density at radius 1 is 1.38 bits per heavy atom. The summed E-state index contributed by atoms with van der Waals surface area (Å²) in [7, 11) is 0. The molecule has 13 heavy (non-hydrogen) atoms. The predicted octanol–water partition coefficient (Wildman–Crippen LogP) is 1.18. The topological polar surface area (TPSA) is 52.6 Å². The Bertz CT molecular complexity index is 338. The first kappa shape index (κ1) is 8.07. The van der Waals surface area contributed by atoms with Crippen molar-refractivity contribution in [1.29, 1.82) is 0 Å². The van der Waals surface area contributed by atoms with E-state index in [-0.39, 0.29) is 0 Å². The number of amides is 1. The molecule has 0 bridgehead atoms. The van der Waals surface area contributed by atoms with Gasteiger partial charge in [-0.2, -0.15) is 0 Å². The first-order valence-corrected chi connectivity index (χ1v) is 4.08. The second kappa shape index (κ2) is 3.06. The summed E-state index contributed by atoms with van der Waals surface area (Å²) in [6, 6.07) is 7.83. The van der Waals surface area contributed by atoms with Crippen molar-refractivity contribution in [1.82, 2.24) is 10.4 Å². The summed E-state index contributed by atoms with van der Waals surface area (Å²) in [6.45, 7) is 1.01. The number of hydrogen-bond acceptors (Lipinski definition) is 2. The monoisotopic (exact) mass is 178 g/mol. The van der Waals surface area contributed by atoms with Crippen molar-refractivity contribution in [2.75, 3.05) is 0 Å². The molecule has 1 aromatic rings. The van der Waals surface area contributed by atoms with Crippen LogP contribution in [-0.4, -0.2) is 16.2 Å². The summed E-state index contributed by atoms with van der Waals surface area (Å²) in [5, 5.41) is 9.92. The van der Waals surface area contributed by atoms with Gasteiger partial charge in [-0.05, 0) is 11.1 Å². The molecule has 0 saturated carbocycles. The molecule has 0 aliphatic carbocycles. The Morgan fingerprint density at radius 2 is 2.08 bits per heavy atom. The average Bonchev–Trinajstić information content (AvgIpc) is 2.17. The van der Waals surface area contributed by atoms with Gasteiger partial charge < -0.3 is 5.11 Å². The van der Waals surface area contributed by atoms with Crippen LogP contribution in [0.3, 0.4) is 0 Å². The van der Waals surface area contributed by atoms with Crippen molar-refractivity contribution < 1.29 is 9.90 Å². The van der Waals surface area contributed by atoms with Gasteiger partial charge in [0.25, 0.3) is 0 Å². The van der Waals surface area contributed by atoms with Gasteiger partial charge in [-0.25, -0.2) is 15.2 Å². The number of nitrogens with zero attached hydrogens (tertiary/aromatic N) is 1. The van der Waals surface area contributed by atoms with Crippen LogP contribution in [0, 0.1) is 0 Å². The summed E-state index contributed by atoms with van der Waals surface area (Å²) >= 11 is 0. The third-order valence-corrected chi connectivity index (χ3v) is 2.14. The highest BCUT2D eigenvalue weighted by atomic mass is 16.4. The van der Waals surface area contributed by atoms with Crippen LogP contribution in [0.2, 0.25) is 0 Å². The maximum Gasteiger partial charge on any atom is 0.422 e. The van der Waals surface area contributed by atoms with Crippen LogP contribution in [0.4, 0.5) is 4.79 Å². The zero-order chi connectivity index (χ0) is 9.26. The molecule has 4 nitrogen and oxygen atoms in total. The van der Waals surface area contributed by atoms with E-state index in [1.807, 2.05) is 24.3 Å². The van der Waals surface area contributed by atoms with Crippen molar-refractivity contribution in [3.05, 3.63) is 35.4 Å². The fourth-order valence-electron chi connectivity index (χ4n) is 1.43. The Balaban J connectivity index is 2.24. The lowest BCUT2D eigenvalue weighted by atomic mass is 10.1. The molecular weight excluding hydrogens is 168 g/mol. The number of hydrazine groups is 1. The smallest absolute Gasteiger partial charge is 0.422 e. The zero-order valence-corrected chi connectivity index (χ0v) is 7.03. The third kappa shape index (κ3) is 1.48. The Hall–Kier alpha value is -1.55. The fraction of sp³-hybridized carbons (Fsp3) is 0.222. The number of fused-ring (bicyclic) bond motifs is 1. The van der Waals surface area contributed by atoms with Crippen molar-refractivity contribution in [3.63, 3.8) is 0 Å². The van der Waals surface area contributed by atoms with E-state index in [9.17, 15) is 4.79 Å². The summed E-state index contributed by atoms with van der Waals surface area (Å²) < 4.78 is 0. The SMILES string of the molecule is O=C(O)N1Cc2ccccc2CN1. The molecule has 0 spiro atoms. The van der Waals surface area contributed by atoms with Gasteiger partial charge in [0.2, 0.25) is 0 Å². The number of hydrogen-bond donors (Lipinski definition) is 2. The minimum absolute atomic E-state index is 0.422. The molecule has 68 valence electrons. The van der Waals surface area contributed by atoms with Gasteiger partial charge in [-0.3, -0.25) is 0 Å². The van der Waals surface area contributed by atoms with Gasteiger partial charge in [0.15, 0.2) is 0 Å². The quantitative estimate of drug-likeness (QED) is 0.627. The van der Waals surface area contributed by atoms with E-state index in [1.54, 1.807) is 0 Å². The Kier molecular flexibility index (Phi) is 1.90. The molecule has 0 aromatic heterocycles. The first-order chi connectivity index (χ1) is 6.27. The number of benzene rings is 1. The lowest BCUT2D eigenvalue weighted by Crippen LogP contribution is -2.44. The highest BCUT2D eigenvalue weighted by Gasteiger charge is 2.18. The standard InChI is InChI=1S/C9H10N2O2/c12-9(13)11-6-8-4-2-1-3-7(8)5-10-11/h1-4,10H,5-6H2,(H,12,13). The molecule has 1 aliphatic heterocycles. The van der Waals surface area contributed by atoms with E-state index in [1.165, 1.54) is 10.6 Å². The zero-order valence-electron chi connectivity index (χ0n) is 7.03. The van der Waals surface area contributed by atoms with Crippen molar-refractivity contribution in [2.24, 2.45) is 0 Å². The summed E-state index contributed by atoms with van der Waals surface area (Å²) in [5.41, 5.74) is 5.05. The van der Waals surface area contributed by atoms with Crippen LogP contribution in [0.1, 0.15) is 11.1 Å². The molecule has 1 aromatic carbocycles. The first-order valence-electron chi connectivity index (χ1n) is 4.08. The largest absolute Gasteiger partial charge is 0.464 e. The maximum atomic E-state index is 10.6. The predicted molar refractivity (Wildman–Crippen MR) is 46.8 cm³/mol. The van der Waals surface area contributed by atoms with Gasteiger partial charge in [0.1, 0.15) is 0 Å². The normalized spacial score (nSPS) is 15.2. The van der Waals surface area contributed by atoms with E-state index >= 15 is 0 Å². The summed E-state index contributed by atoms with van der Waals surface area (Å²) in [5.74, 6) is 0. The van der Waals surface area contributed by atoms with Crippen molar-refractivity contribution in [2.45, 2.75) is 13.1 Å². The van der Waals surface area contributed by atoms with Crippen LogP contribution >= 0.6 is 0 Å². The van der Waals surface area contributed by atoms with Gasteiger partial charge in [0.05, 0.1) is 6.54 Å². The lowest BCUT2D eigenvalue weighted by molar-refractivity contribution is 0.109. The van der Waals surface area contributed by atoms with E-state index in [0.29, 0.717) is 13.1 Å². The highest BCUT2D eigenvalue weighted by Crippen LogP contribution is 2.15. The lowest BCUT2D eigenvalue weighted by Gasteiger charge is -2.26. The van der Waals surface area contributed by atoms with Gasteiger partial charge in [-0.1, -0.05) is 24.3 Å². The maximum absolute atomic E-state index is 10.6. The number of nitrogens with one attached hydrogen (secondary N) is 1. The molecule has 0 atom stereocenters. The molecule has 0 fully saturated rings. The van der Waals surface area contributed by atoms with Gasteiger partial charge in [0, 0.05) is 6.54 Å².